The molecule has 4 aromatic rings. The highest BCUT2D eigenvalue weighted by Gasteiger charge is 2.23. The van der Waals surface area contributed by atoms with Crippen LogP contribution in [-0.4, -0.2) is 10.9 Å². The topological polar surface area (TPSA) is 33.2 Å². The summed E-state index contributed by atoms with van der Waals surface area (Å²) in [5.41, 5.74) is 6.68. The molecule has 1 aromatic heterocycles. The first-order valence-electron chi connectivity index (χ1n) is 10.5. The summed E-state index contributed by atoms with van der Waals surface area (Å²) in [6.07, 6.45) is 4.63. The maximum atomic E-state index is 13.7. The number of amides is 1. The number of nitrogens with zero attached hydrogens (tertiary/aromatic N) is 2. The Hall–Kier alpha value is -2.98. The van der Waals surface area contributed by atoms with Crippen molar-refractivity contribution < 1.29 is 4.79 Å². The van der Waals surface area contributed by atoms with Crippen LogP contribution in [0.25, 0.3) is 10.2 Å². The molecule has 0 saturated heterocycles. The van der Waals surface area contributed by atoms with E-state index in [9.17, 15) is 4.79 Å². The number of para-hydroxylation sites is 1. The van der Waals surface area contributed by atoms with Crippen molar-refractivity contribution in [1.82, 2.24) is 4.98 Å². The SMILES string of the molecule is Cc1cccc2sc(N(Cc3ccccc3)C(=O)c3ccc4c(c3)CCCC4)nc12. The zero-order chi connectivity index (χ0) is 20.5. The Balaban J connectivity index is 1.56. The van der Waals surface area contributed by atoms with Crippen LogP contribution in [0, 0.1) is 6.92 Å². The molecule has 3 aromatic carbocycles. The number of hydrogen-bond acceptors (Lipinski definition) is 3. The summed E-state index contributed by atoms with van der Waals surface area (Å²) in [5, 5.41) is 0.755. The van der Waals surface area contributed by atoms with Gasteiger partial charge in [-0.05, 0) is 73.1 Å². The normalized spacial score (nSPS) is 13.2. The lowest BCUT2D eigenvalue weighted by Gasteiger charge is -2.22. The Kier molecular flexibility index (Phi) is 5.09. The number of carbonyl (C=O) groups is 1. The minimum Gasteiger partial charge on any atom is -0.279 e. The summed E-state index contributed by atoms with van der Waals surface area (Å²) in [5.74, 6) is 0.0175. The molecule has 0 atom stereocenters. The average molecular weight is 413 g/mol. The number of aromatic nitrogens is 1. The van der Waals surface area contributed by atoms with E-state index in [0.29, 0.717) is 6.54 Å². The molecule has 0 N–H and O–H groups in total. The van der Waals surface area contributed by atoms with Crippen LogP contribution >= 0.6 is 11.3 Å². The molecule has 0 saturated carbocycles. The van der Waals surface area contributed by atoms with E-state index < -0.39 is 0 Å². The van der Waals surface area contributed by atoms with Crippen LogP contribution in [-0.2, 0) is 19.4 Å². The molecule has 1 aliphatic carbocycles. The maximum Gasteiger partial charge on any atom is 0.260 e. The van der Waals surface area contributed by atoms with Crippen LogP contribution in [0.4, 0.5) is 5.13 Å². The molecule has 0 unspecified atom stereocenters. The van der Waals surface area contributed by atoms with E-state index in [-0.39, 0.29) is 5.91 Å². The number of aryl methyl sites for hydroxylation is 3. The van der Waals surface area contributed by atoms with Gasteiger partial charge in [0, 0.05) is 5.56 Å². The molecule has 1 aliphatic rings. The van der Waals surface area contributed by atoms with Gasteiger partial charge in [0.1, 0.15) is 0 Å². The van der Waals surface area contributed by atoms with Gasteiger partial charge in [0.2, 0.25) is 0 Å². The fourth-order valence-electron chi connectivity index (χ4n) is 4.20. The van der Waals surface area contributed by atoms with Gasteiger partial charge >= 0.3 is 0 Å². The monoisotopic (exact) mass is 412 g/mol. The molecular weight excluding hydrogens is 388 g/mol. The third-order valence-corrected chi connectivity index (χ3v) is 6.91. The highest BCUT2D eigenvalue weighted by Crippen LogP contribution is 2.33. The maximum absolute atomic E-state index is 13.7. The Morgan fingerprint density at radius 3 is 2.57 bits per heavy atom. The van der Waals surface area contributed by atoms with Crippen molar-refractivity contribution in [2.24, 2.45) is 0 Å². The van der Waals surface area contributed by atoms with E-state index in [4.69, 9.17) is 4.98 Å². The lowest BCUT2D eigenvalue weighted by Crippen LogP contribution is -2.30. The van der Waals surface area contributed by atoms with E-state index in [1.54, 1.807) is 11.3 Å². The van der Waals surface area contributed by atoms with Gasteiger partial charge in [-0.15, -0.1) is 0 Å². The zero-order valence-electron chi connectivity index (χ0n) is 17.1. The van der Waals surface area contributed by atoms with Crippen molar-refractivity contribution in [3.8, 4) is 0 Å². The number of carbonyl (C=O) groups excluding carboxylic acids is 1. The zero-order valence-corrected chi connectivity index (χ0v) is 17.9. The molecule has 4 heteroatoms. The molecule has 0 bridgehead atoms. The lowest BCUT2D eigenvalue weighted by atomic mass is 9.90. The molecule has 5 rings (SSSR count). The van der Waals surface area contributed by atoms with E-state index in [0.717, 1.165) is 44.9 Å². The fourth-order valence-corrected chi connectivity index (χ4v) is 5.25. The van der Waals surface area contributed by atoms with Crippen LogP contribution in [0.2, 0.25) is 0 Å². The van der Waals surface area contributed by atoms with E-state index in [1.807, 2.05) is 35.2 Å². The summed E-state index contributed by atoms with van der Waals surface area (Å²) < 4.78 is 1.11. The highest BCUT2D eigenvalue weighted by molar-refractivity contribution is 7.22. The molecule has 0 spiro atoms. The lowest BCUT2D eigenvalue weighted by molar-refractivity contribution is 0.0985. The molecular formula is C26H24N2OS. The van der Waals surface area contributed by atoms with Gasteiger partial charge in [-0.3, -0.25) is 9.69 Å². The van der Waals surface area contributed by atoms with E-state index in [1.165, 1.54) is 24.0 Å². The largest absolute Gasteiger partial charge is 0.279 e. The van der Waals surface area contributed by atoms with Crippen molar-refractivity contribution in [3.05, 3.63) is 94.5 Å². The molecule has 150 valence electrons. The predicted molar refractivity (Wildman–Crippen MR) is 124 cm³/mol. The molecule has 1 amide bonds. The number of benzene rings is 3. The minimum atomic E-state index is 0.0175. The van der Waals surface area contributed by atoms with Crippen molar-refractivity contribution >= 4 is 32.6 Å². The van der Waals surface area contributed by atoms with Crippen LogP contribution in [0.3, 0.4) is 0 Å². The van der Waals surface area contributed by atoms with Gasteiger partial charge in [-0.25, -0.2) is 4.98 Å². The quantitative estimate of drug-likeness (QED) is 0.392. The Labute approximate surface area is 181 Å². The molecule has 0 radical (unpaired) electrons. The first-order valence-corrected chi connectivity index (χ1v) is 11.3. The van der Waals surface area contributed by atoms with Crippen LogP contribution < -0.4 is 4.90 Å². The van der Waals surface area contributed by atoms with Crippen molar-refractivity contribution in [1.29, 1.82) is 0 Å². The Bertz CT molecular complexity index is 1210. The fraction of sp³-hybridized carbons (Fsp3) is 0.231. The summed E-state index contributed by atoms with van der Waals surface area (Å²) >= 11 is 1.58. The van der Waals surface area contributed by atoms with Gasteiger partial charge in [0.05, 0.1) is 16.8 Å². The molecule has 0 fully saturated rings. The van der Waals surface area contributed by atoms with Crippen molar-refractivity contribution in [2.75, 3.05) is 4.90 Å². The van der Waals surface area contributed by atoms with Crippen LogP contribution in [0.5, 0.6) is 0 Å². The predicted octanol–water partition coefficient (Wildman–Crippen LogP) is 6.33. The third-order valence-electron chi connectivity index (χ3n) is 5.86. The van der Waals surface area contributed by atoms with E-state index >= 15 is 0 Å². The minimum absolute atomic E-state index is 0.0175. The number of fused-ring (bicyclic) bond motifs is 2. The van der Waals surface area contributed by atoms with Gasteiger partial charge in [-0.2, -0.15) is 0 Å². The molecule has 0 aliphatic heterocycles. The standard InChI is InChI=1S/C26H24N2OS/c1-18-8-7-13-23-24(18)27-26(30-23)28(17-19-9-3-2-4-10-19)25(29)22-15-14-20-11-5-6-12-21(20)16-22/h2-4,7-10,13-16H,5-6,11-12,17H2,1H3. The van der Waals surface area contributed by atoms with Crippen molar-refractivity contribution in [2.45, 2.75) is 39.2 Å². The smallest absolute Gasteiger partial charge is 0.260 e. The number of hydrogen-bond donors (Lipinski definition) is 0. The van der Waals surface area contributed by atoms with Gasteiger partial charge in [0.25, 0.3) is 5.91 Å². The average Bonchev–Trinajstić information content (AvgIpc) is 3.23. The van der Waals surface area contributed by atoms with Crippen LogP contribution in [0.15, 0.2) is 66.7 Å². The second-order valence-corrected chi connectivity index (χ2v) is 8.99. The van der Waals surface area contributed by atoms with Crippen molar-refractivity contribution in [3.63, 3.8) is 0 Å². The van der Waals surface area contributed by atoms with Crippen LogP contribution in [0.1, 0.15) is 45.5 Å². The van der Waals surface area contributed by atoms with Gasteiger partial charge < -0.3 is 0 Å². The van der Waals surface area contributed by atoms with Gasteiger partial charge in [0.15, 0.2) is 5.13 Å². The summed E-state index contributed by atoms with van der Waals surface area (Å²) in [6.45, 7) is 2.58. The number of thiazole rings is 1. The second-order valence-electron chi connectivity index (χ2n) is 7.99. The molecule has 1 heterocycles. The highest BCUT2D eigenvalue weighted by atomic mass is 32.1. The molecule has 30 heavy (non-hydrogen) atoms. The summed E-state index contributed by atoms with van der Waals surface area (Å²) in [4.78, 5) is 20.4. The second kappa shape index (κ2) is 8.04. The molecule has 3 nitrogen and oxygen atoms in total. The van der Waals surface area contributed by atoms with Gasteiger partial charge in [-0.1, -0.05) is 59.9 Å². The number of anilines is 1. The van der Waals surface area contributed by atoms with E-state index in [2.05, 4.69) is 43.3 Å². The summed E-state index contributed by atoms with van der Waals surface area (Å²) in [6, 6.07) is 22.6. The Morgan fingerprint density at radius 2 is 1.77 bits per heavy atom. The first-order chi connectivity index (χ1) is 14.7. The third kappa shape index (κ3) is 3.63. The summed E-state index contributed by atoms with van der Waals surface area (Å²) in [7, 11) is 0. The number of rotatable bonds is 4. The Morgan fingerprint density at radius 1 is 0.967 bits per heavy atom. The first kappa shape index (κ1) is 19.0.